The van der Waals surface area contributed by atoms with Gasteiger partial charge in [0.25, 0.3) is 0 Å². The van der Waals surface area contributed by atoms with Gasteiger partial charge in [0.2, 0.25) is 11.9 Å². The van der Waals surface area contributed by atoms with Gasteiger partial charge in [0, 0.05) is 54.6 Å². The molecule has 1 amide bonds. The van der Waals surface area contributed by atoms with Crippen molar-refractivity contribution >= 4 is 29.5 Å². The Hall–Kier alpha value is -3.26. The number of anilines is 1. The number of carbonyl (C=O) groups excluding carboxylic acids is 1. The lowest BCUT2D eigenvalue weighted by Crippen LogP contribution is -2.29. The number of amides is 1. The fourth-order valence-electron chi connectivity index (χ4n) is 4.27. The van der Waals surface area contributed by atoms with Crippen molar-refractivity contribution < 1.29 is 4.79 Å². The van der Waals surface area contributed by atoms with Crippen molar-refractivity contribution in [2.45, 2.75) is 12.3 Å². The van der Waals surface area contributed by atoms with Crippen LogP contribution in [0.2, 0.25) is 5.02 Å². The maximum atomic E-state index is 12.5. The topological polar surface area (TPSA) is 99.7 Å². The first-order chi connectivity index (χ1) is 15.2. The summed E-state index contributed by atoms with van der Waals surface area (Å²) < 4.78 is 0. The van der Waals surface area contributed by atoms with Crippen molar-refractivity contribution in [3.63, 3.8) is 0 Å². The van der Waals surface area contributed by atoms with Crippen molar-refractivity contribution in [3.8, 4) is 0 Å². The molecule has 3 atom stereocenters. The molecule has 3 heterocycles. The standard InChI is InChI=1S/C22H22ClN7O/c23-16-4-1-14(2-5-16)7-8-24-22-25-9-15(10-26-22)3-6-20(31)30-12-17-18(13-30)21(17)19-11-27-29-28-19/h1-6,9-11,17-18,21H,7-8,12-13H2,(H,24,25,26)(H,27,28,29)/b6-3+/t17-,18+,21?. The number of aromatic amines is 1. The minimum Gasteiger partial charge on any atom is -0.354 e. The summed E-state index contributed by atoms with van der Waals surface area (Å²) >= 11 is 5.90. The molecule has 2 aliphatic rings. The summed E-state index contributed by atoms with van der Waals surface area (Å²) in [7, 11) is 0. The van der Waals surface area contributed by atoms with Crippen molar-refractivity contribution in [2.75, 3.05) is 25.0 Å². The molecule has 1 unspecified atom stereocenters. The molecule has 1 saturated carbocycles. The molecule has 0 spiro atoms. The maximum Gasteiger partial charge on any atom is 0.246 e. The van der Waals surface area contributed by atoms with Crippen LogP contribution in [-0.4, -0.2) is 55.8 Å². The van der Waals surface area contributed by atoms with Crippen molar-refractivity contribution in [1.82, 2.24) is 30.3 Å². The molecule has 0 bridgehead atoms. The van der Waals surface area contributed by atoms with Gasteiger partial charge >= 0.3 is 0 Å². The van der Waals surface area contributed by atoms with E-state index in [0.29, 0.717) is 23.7 Å². The summed E-state index contributed by atoms with van der Waals surface area (Å²) in [6.07, 6.45) is 9.42. The van der Waals surface area contributed by atoms with Gasteiger partial charge in [-0.1, -0.05) is 23.7 Å². The Bertz CT molecular complexity index is 1050. The molecule has 2 N–H and O–H groups in total. The van der Waals surface area contributed by atoms with E-state index in [9.17, 15) is 4.79 Å². The number of rotatable bonds is 7. The zero-order chi connectivity index (χ0) is 21.2. The second kappa shape index (κ2) is 8.47. The average Bonchev–Trinajstić information content (AvgIpc) is 3.18. The highest BCUT2D eigenvalue weighted by molar-refractivity contribution is 6.30. The number of H-pyrrole nitrogens is 1. The van der Waals surface area contributed by atoms with Gasteiger partial charge < -0.3 is 10.2 Å². The SMILES string of the molecule is O=C(/C=C/c1cnc(NCCc2ccc(Cl)cc2)nc1)N1C[C@@H]2C(c3cn[nH]n3)[C@@H]2C1. The van der Waals surface area contributed by atoms with Crippen LogP contribution >= 0.6 is 11.6 Å². The molecule has 1 aromatic carbocycles. The molecule has 5 rings (SSSR count). The van der Waals surface area contributed by atoms with Gasteiger partial charge in [0.15, 0.2) is 0 Å². The van der Waals surface area contributed by atoms with E-state index in [1.54, 1.807) is 30.7 Å². The molecule has 9 heteroatoms. The first-order valence-corrected chi connectivity index (χ1v) is 10.7. The summed E-state index contributed by atoms with van der Waals surface area (Å²) in [5, 5.41) is 14.7. The lowest BCUT2D eigenvalue weighted by Gasteiger charge is -2.17. The number of nitrogens with zero attached hydrogens (tertiary/aromatic N) is 5. The van der Waals surface area contributed by atoms with E-state index in [-0.39, 0.29) is 5.91 Å². The molecule has 1 aliphatic heterocycles. The summed E-state index contributed by atoms with van der Waals surface area (Å²) in [5.41, 5.74) is 3.00. The summed E-state index contributed by atoms with van der Waals surface area (Å²) in [6.45, 7) is 2.28. The zero-order valence-corrected chi connectivity index (χ0v) is 17.5. The van der Waals surface area contributed by atoms with Crippen LogP contribution in [0.5, 0.6) is 0 Å². The normalized spacial score (nSPS) is 22.0. The second-order valence-electron chi connectivity index (χ2n) is 7.97. The van der Waals surface area contributed by atoms with Gasteiger partial charge in [-0.2, -0.15) is 15.4 Å². The molecule has 3 aromatic rings. The third-order valence-corrected chi connectivity index (χ3v) is 6.23. The number of halogens is 1. The first kappa shape index (κ1) is 19.7. The van der Waals surface area contributed by atoms with Crippen molar-refractivity contribution in [2.24, 2.45) is 11.8 Å². The number of piperidine rings is 1. The smallest absolute Gasteiger partial charge is 0.246 e. The third kappa shape index (κ3) is 4.44. The molecule has 158 valence electrons. The zero-order valence-electron chi connectivity index (χ0n) is 16.8. The van der Waals surface area contributed by atoms with Crippen LogP contribution in [0, 0.1) is 11.8 Å². The number of aromatic nitrogens is 5. The molecule has 2 aromatic heterocycles. The molecule has 1 saturated heterocycles. The fourth-order valence-corrected chi connectivity index (χ4v) is 4.40. The van der Waals surface area contributed by atoms with Crippen LogP contribution in [0.4, 0.5) is 5.95 Å². The predicted molar refractivity (Wildman–Crippen MR) is 117 cm³/mol. The van der Waals surface area contributed by atoms with Crippen LogP contribution in [0.25, 0.3) is 6.08 Å². The summed E-state index contributed by atoms with van der Waals surface area (Å²) in [6, 6.07) is 7.79. The predicted octanol–water partition coefficient (Wildman–Crippen LogP) is 2.79. The number of carbonyl (C=O) groups is 1. The van der Waals surface area contributed by atoms with E-state index >= 15 is 0 Å². The Labute approximate surface area is 184 Å². The van der Waals surface area contributed by atoms with Gasteiger partial charge in [-0.05, 0) is 42.0 Å². The van der Waals surface area contributed by atoms with E-state index in [1.165, 1.54) is 5.56 Å². The molecule has 8 nitrogen and oxygen atoms in total. The van der Waals surface area contributed by atoms with Crippen molar-refractivity contribution in [3.05, 3.63) is 70.8 Å². The highest BCUT2D eigenvalue weighted by Gasteiger charge is 2.58. The number of nitrogens with one attached hydrogen (secondary N) is 2. The first-order valence-electron chi connectivity index (χ1n) is 10.3. The van der Waals surface area contributed by atoms with E-state index in [0.717, 1.165) is 42.3 Å². The van der Waals surface area contributed by atoms with Crippen LogP contribution in [0.15, 0.2) is 48.9 Å². The average molecular weight is 436 g/mol. The quantitative estimate of drug-likeness (QED) is 0.553. The van der Waals surface area contributed by atoms with E-state index in [2.05, 4.69) is 30.7 Å². The van der Waals surface area contributed by atoms with Crippen LogP contribution in [0.3, 0.4) is 0 Å². The highest BCUT2D eigenvalue weighted by Crippen LogP contribution is 2.57. The van der Waals surface area contributed by atoms with Gasteiger partial charge in [-0.25, -0.2) is 9.97 Å². The number of likely N-dealkylation sites (tertiary alicyclic amines) is 1. The number of benzene rings is 1. The largest absolute Gasteiger partial charge is 0.354 e. The number of hydrogen-bond donors (Lipinski definition) is 2. The minimum absolute atomic E-state index is 0.0243. The molecule has 0 radical (unpaired) electrons. The highest BCUT2D eigenvalue weighted by atomic mass is 35.5. The van der Waals surface area contributed by atoms with Crippen LogP contribution < -0.4 is 5.32 Å². The minimum atomic E-state index is 0.0243. The summed E-state index contributed by atoms with van der Waals surface area (Å²) in [4.78, 5) is 23.0. The van der Waals surface area contributed by atoms with Gasteiger partial charge in [0.05, 0.1) is 11.9 Å². The van der Waals surface area contributed by atoms with Crippen LogP contribution in [-0.2, 0) is 11.2 Å². The number of hydrogen-bond acceptors (Lipinski definition) is 6. The Balaban J connectivity index is 1.07. The number of fused-ring (bicyclic) bond motifs is 1. The molecular weight excluding hydrogens is 414 g/mol. The summed E-state index contributed by atoms with van der Waals surface area (Å²) in [5.74, 6) is 2.04. The molecule has 1 aliphatic carbocycles. The third-order valence-electron chi connectivity index (χ3n) is 5.98. The molecular formula is C22H22ClN7O. The fraction of sp³-hybridized carbons (Fsp3) is 0.318. The second-order valence-corrected chi connectivity index (χ2v) is 8.40. The van der Waals surface area contributed by atoms with Crippen molar-refractivity contribution in [1.29, 1.82) is 0 Å². The van der Waals surface area contributed by atoms with E-state index in [4.69, 9.17) is 11.6 Å². The molecule has 31 heavy (non-hydrogen) atoms. The van der Waals surface area contributed by atoms with E-state index < -0.39 is 0 Å². The maximum absolute atomic E-state index is 12.5. The molecule has 2 fully saturated rings. The van der Waals surface area contributed by atoms with Gasteiger partial charge in [-0.3, -0.25) is 4.79 Å². The van der Waals surface area contributed by atoms with Gasteiger partial charge in [-0.15, -0.1) is 0 Å². The lowest BCUT2D eigenvalue weighted by molar-refractivity contribution is -0.125. The Kier molecular flexibility index (Phi) is 5.38. The van der Waals surface area contributed by atoms with Gasteiger partial charge in [0.1, 0.15) is 0 Å². The van der Waals surface area contributed by atoms with Crippen LogP contribution in [0.1, 0.15) is 22.7 Å². The Morgan fingerprint density at radius 3 is 2.58 bits per heavy atom. The lowest BCUT2D eigenvalue weighted by atomic mass is 10.1. The Morgan fingerprint density at radius 2 is 1.90 bits per heavy atom. The Morgan fingerprint density at radius 1 is 1.16 bits per heavy atom. The van der Waals surface area contributed by atoms with E-state index in [1.807, 2.05) is 29.2 Å². The monoisotopic (exact) mass is 435 g/mol.